The van der Waals surface area contributed by atoms with Crippen LogP contribution in [0.25, 0.3) is 10.9 Å². The summed E-state index contributed by atoms with van der Waals surface area (Å²) in [6.45, 7) is 0.986. The van der Waals surface area contributed by atoms with Crippen LogP contribution in [0.5, 0.6) is 5.75 Å². The molecule has 0 bridgehead atoms. The minimum absolute atomic E-state index is 0.231. The second-order valence-electron chi connectivity index (χ2n) is 6.71. The number of rotatable bonds is 4. The van der Waals surface area contributed by atoms with E-state index in [1.807, 2.05) is 36.4 Å². The maximum Gasteiger partial charge on any atom is 0.348 e. The zero-order valence-electron chi connectivity index (χ0n) is 14.6. The summed E-state index contributed by atoms with van der Waals surface area (Å²) in [6, 6.07) is 17.4. The first kappa shape index (κ1) is 17.3. The molecule has 0 atom stereocenters. The molecule has 0 radical (unpaired) electrons. The van der Waals surface area contributed by atoms with Gasteiger partial charge in [0, 0.05) is 37.4 Å². The second kappa shape index (κ2) is 6.87. The minimum atomic E-state index is -1.36. The average molecular weight is 366 g/mol. The number of halogens is 1. The molecule has 0 spiro atoms. The van der Waals surface area contributed by atoms with E-state index in [0.29, 0.717) is 13.1 Å². The Kier molecular flexibility index (Phi) is 4.39. The quantitative estimate of drug-likeness (QED) is 0.759. The number of carboxylic acids is 1. The standard InChI is InChI=1S/C21H19FN2O3/c22-16-5-3-6-17(14-16)27-21(20(25)26)10-12-24(13-11-21)19-9-8-15-4-1-2-7-18(15)23-19/h1-9,14H,10-13H2,(H,25,26). The number of fused-ring (bicyclic) bond motifs is 1. The number of hydrogen-bond donors (Lipinski definition) is 1. The van der Waals surface area contributed by atoms with Crippen LogP contribution in [0.4, 0.5) is 10.2 Å². The molecule has 27 heavy (non-hydrogen) atoms. The molecule has 1 aliphatic rings. The third-order valence-electron chi connectivity index (χ3n) is 4.98. The van der Waals surface area contributed by atoms with Crippen LogP contribution >= 0.6 is 0 Å². The van der Waals surface area contributed by atoms with E-state index in [-0.39, 0.29) is 18.6 Å². The molecule has 1 N–H and O–H groups in total. The van der Waals surface area contributed by atoms with Gasteiger partial charge in [0.05, 0.1) is 5.52 Å². The monoisotopic (exact) mass is 366 g/mol. The number of pyridine rings is 1. The predicted molar refractivity (Wildman–Crippen MR) is 101 cm³/mol. The number of aliphatic carboxylic acids is 1. The highest BCUT2D eigenvalue weighted by Crippen LogP contribution is 2.31. The number of hydrogen-bond acceptors (Lipinski definition) is 4. The molecule has 0 saturated carbocycles. The van der Waals surface area contributed by atoms with Gasteiger partial charge in [-0.1, -0.05) is 24.3 Å². The van der Waals surface area contributed by atoms with Gasteiger partial charge in [-0.15, -0.1) is 0 Å². The van der Waals surface area contributed by atoms with Gasteiger partial charge in [-0.3, -0.25) is 0 Å². The molecular formula is C21H19FN2O3. The van der Waals surface area contributed by atoms with E-state index in [2.05, 4.69) is 9.88 Å². The predicted octanol–water partition coefficient (Wildman–Crippen LogP) is 3.88. The maximum atomic E-state index is 13.4. The van der Waals surface area contributed by atoms with Crippen molar-refractivity contribution in [3.63, 3.8) is 0 Å². The van der Waals surface area contributed by atoms with Gasteiger partial charge in [-0.05, 0) is 30.3 Å². The normalized spacial score (nSPS) is 16.3. The van der Waals surface area contributed by atoms with Crippen LogP contribution in [0.3, 0.4) is 0 Å². The zero-order valence-corrected chi connectivity index (χ0v) is 14.6. The molecule has 2 heterocycles. The lowest BCUT2D eigenvalue weighted by atomic mass is 9.91. The van der Waals surface area contributed by atoms with Crippen molar-refractivity contribution in [3.05, 3.63) is 66.5 Å². The number of ether oxygens (including phenoxy) is 1. The lowest BCUT2D eigenvalue weighted by Crippen LogP contribution is -2.53. The van der Waals surface area contributed by atoms with E-state index < -0.39 is 17.4 Å². The summed E-state index contributed by atoms with van der Waals surface area (Å²) in [4.78, 5) is 18.7. The third kappa shape index (κ3) is 3.43. The van der Waals surface area contributed by atoms with Gasteiger partial charge in [-0.2, -0.15) is 0 Å². The van der Waals surface area contributed by atoms with Crippen molar-refractivity contribution in [3.8, 4) is 5.75 Å². The molecule has 0 unspecified atom stereocenters. The number of para-hydroxylation sites is 1. The largest absolute Gasteiger partial charge is 0.478 e. The Bertz CT molecular complexity index is 984. The summed E-state index contributed by atoms with van der Waals surface area (Å²) in [5.41, 5.74) is -0.456. The fourth-order valence-corrected chi connectivity index (χ4v) is 3.44. The van der Waals surface area contributed by atoms with Crippen LogP contribution in [0.15, 0.2) is 60.7 Å². The number of carboxylic acid groups (broad SMARTS) is 1. The van der Waals surface area contributed by atoms with Crippen LogP contribution in [0.1, 0.15) is 12.8 Å². The summed E-state index contributed by atoms with van der Waals surface area (Å²) < 4.78 is 19.2. The number of carbonyl (C=O) groups is 1. The second-order valence-corrected chi connectivity index (χ2v) is 6.71. The van der Waals surface area contributed by atoms with Crippen molar-refractivity contribution in [1.82, 2.24) is 4.98 Å². The van der Waals surface area contributed by atoms with E-state index in [0.717, 1.165) is 16.7 Å². The summed E-state index contributed by atoms with van der Waals surface area (Å²) >= 11 is 0. The Balaban J connectivity index is 1.53. The Morgan fingerprint density at radius 3 is 2.59 bits per heavy atom. The van der Waals surface area contributed by atoms with Crippen molar-refractivity contribution in [1.29, 1.82) is 0 Å². The SMILES string of the molecule is O=C(O)C1(Oc2cccc(F)c2)CCN(c2ccc3ccccc3n2)CC1. The van der Waals surface area contributed by atoms with Gasteiger partial charge < -0.3 is 14.7 Å². The first-order chi connectivity index (χ1) is 13.1. The first-order valence-electron chi connectivity index (χ1n) is 8.84. The molecule has 0 amide bonds. The fraction of sp³-hybridized carbons (Fsp3) is 0.238. The number of aromatic nitrogens is 1. The van der Waals surface area contributed by atoms with Crippen molar-refractivity contribution < 1.29 is 19.0 Å². The van der Waals surface area contributed by atoms with Crippen molar-refractivity contribution >= 4 is 22.7 Å². The molecule has 1 saturated heterocycles. The van der Waals surface area contributed by atoms with Gasteiger partial charge in [0.15, 0.2) is 0 Å². The van der Waals surface area contributed by atoms with Crippen LogP contribution < -0.4 is 9.64 Å². The van der Waals surface area contributed by atoms with E-state index in [1.54, 1.807) is 6.07 Å². The maximum absolute atomic E-state index is 13.4. The summed E-state index contributed by atoms with van der Waals surface area (Å²) in [5.74, 6) is -0.433. The Morgan fingerprint density at radius 1 is 1.07 bits per heavy atom. The van der Waals surface area contributed by atoms with Crippen LogP contribution in [0, 0.1) is 5.82 Å². The smallest absolute Gasteiger partial charge is 0.348 e. The van der Waals surface area contributed by atoms with Gasteiger partial charge in [0.25, 0.3) is 0 Å². The highest BCUT2D eigenvalue weighted by Gasteiger charge is 2.44. The molecule has 0 aliphatic carbocycles. The molecule has 6 heteroatoms. The Labute approximate surface area is 156 Å². The Morgan fingerprint density at radius 2 is 1.85 bits per heavy atom. The summed E-state index contributed by atoms with van der Waals surface area (Å²) in [5, 5.41) is 10.8. The van der Waals surface area contributed by atoms with E-state index in [9.17, 15) is 14.3 Å². The zero-order chi connectivity index (χ0) is 18.9. The fourth-order valence-electron chi connectivity index (χ4n) is 3.44. The van der Waals surface area contributed by atoms with E-state index >= 15 is 0 Å². The molecular weight excluding hydrogens is 347 g/mol. The van der Waals surface area contributed by atoms with Gasteiger partial charge in [0.1, 0.15) is 17.4 Å². The molecule has 3 aromatic rings. The molecule has 1 aliphatic heterocycles. The van der Waals surface area contributed by atoms with Crippen molar-refractivity contribution in [2.45, 2.75) is 18.4 Å². The summed E-state index contributed by atoms with van der Waals surface area (Å²) in [6.07, 6.45) is 0.570. The molecule has 138 valence electrons. The summed E-state index contributed by atoms with van der Waals surface area (Å²) in [7, 11) is 0. The molecule has 1 aromatic heterocycles. The molecule has 1 fully saturated rings. The topological polar surface area (TPSA) is 62.7 Å². The van der Waals surface area contributed by atoms with Gasteiger partial charge >= 0.3 is 5.97 Å². The highest BCUT2D eigenvalue weighted by atomic mass is 19.1. The van der Waals surface area contributed by atoms with Crippen LogP contribution in [-0.2, 0) is 4.79 Å². The molecule has 4 rings (SSSR count). The first-order valence-corrected chi connectivity index (χ1v) is 8.84. The van der Waals surface area contributed by atoms with Gasteiger partial charge in [0.2, 0.25) is 5.60 Å². The van der Waals surface area contributed by atoms with Crippen molar-refractivity contribution in [2.75, 3.05) is 18.0 Å². The van der Waals surface area contributed by atoms with E-state index in [1.165, 1.54) is 18.2 Å². The number of nitrogens with zero attached hydrogens (tertiary/aromatic N) is 2. The molecule has 2 aromatic carbocycles. The Hall–Kier alpha value is -3.15. The number of anilines is 1. The number of piperidine rings is 1. The van der Waals surface area contributed by atoms with E-state index in [4.69, 9.17) is 4.74 Å². The molecule has 5 nitrogen and oxygen atoms in total. The lowest BCUT2D eigenvalue weighted by molar-refractivity contribution is -0.157. The number of benzene rings is 2. The van der Waals surface area contributed by atoms with Crippen LogP contribution in [0.2, 0.25) is 0 Å². The lowest BCUT2D eigenvalue weighted by Gasteiger charge is -2.39. The van der Waals surface area contributed by atoms with Gasteiger partial charge in [-0.25, -0.2) is 14.2 Å². The highest BCUT2D eigenvalue weighted by molar-refractivity contribution is 5.81. The average Bonchev–Trinajstić information content (AvgIpc) is 2.68. The minimum Gasteiger partial charge on any atom is -0.478 e. The van der Waals surface area contributed by atoms with Crippen LogP contribution in [-0.4, -0.2) is 34.8 Å². The van der Waals surface area contributed by atoms with Crippen molar-refractivity contribution in [2.24, 2.45) is 0 Å². The third-order valence-corrected chi connectivity index (χ3v) is 4.98.